The molecule has 0 saturated heterocycles. The molecule has 1 aliphatic heterocycles. The van der Waals surface area contributed by atoms with Crippen molar-refractivity contribution < 1.29 is 19.8 Å². The van der Waals surface area contributed by atoms with Crippen LogP contribution in [0.15, 0.2) is 16.6 Å². The monoisotopic (exact) mass is 253 g/mol. The molecule has 0 aromatic carbocycles. The number of rotatable bonds is 6. The van der Waals surface area contributed by atoms with Gasteiger partial charge in [-0.15, -0.1) is 0 Å². The lowest BCUT2D eigenvalue weighted by atomic mass is 9.74. The topological polar surface area (TPSA) is 87.0 Å². The quantitative estimate of drug-likeness (QED) is 0.759. The van der Waals surface area contributed by atoms with Crippen LogP contribution in [0.2, 0.25) is 0 Å². The highest BCUT2D eigenvalue weighted by atomic mass is 16.4. The molecule has 1 rings (SSSR count). The summed E-state index contributed by atoms with van der Waals surface area (Å²) in [6.07, 6.45) is 4.60. The van der Waals surface area contributed by atoms with Gasteiger partial charge in [-0.2, -0.15) is 0 Å². The zero-order valence-corrected chi connectivity index (χ0v) is 10.7. The summed E-state index contributed by atoms with van der Waals surface area (Å²) < 4.78 is 0. The minimum absolute atomic E-state index is 0.00190. The Balaban J connectivity index is 2.78. The normalized spacial score (nSPS) is 26.8. The second kappa shape index (κ2) is 5.80. The van der Waals surface area contributed by atoms with Crippen LogP contribution < -0.4 is 0 Å². The van der Waals surface area contributed by atoms with Crippen LogP contribution in [0.1, 0.15) is 39.5 Å². The zero-order valence-electron chi connectivity index (χ0n) is 10.7. The summed E-state index contributed by atoms with van der Waals surface area (Å²) in [5.41, 5.74) is 0.561. The molecule has 5 nitrogen and oxygen atoms in total. The third-order valence-corrected chi connectivity index (χ3v) is 3.50. The summed E-state index contributed by atoms with van der Waals surface area (Å²) in [5, 5.41) is 17.5. The number of allylic oxidation sites excluding steroid dienone is 1. The van der Waals surface area contributed by atoms with Gasteiger partial charge in [0.05, 0.1) is 5.54 Å². The Kier molecular flexibility index (Phi) is 4.64. The zero-order chi connectivity index (χ0) is 13.8. The smallest absolute Gasteiger partial charge is 0.303 e. The summed E-state index contributed by atoms with van der Waals surface area (Å²) in [6, 6.07) is 0. The van der Waals surface area contributed by atoms with Gasteiger partial charge in [-0.05, 0) is 32.8 Å². The summed E-state index contributed by atoms with van der Waals surface area (Å²) in [7, 11) is 0. The highest BCUT2D eigenvalue weighted by Crippen LogP contribution is 2.37. The number of aliphatic carboxylic acids is 2. The van der Waals surface area contributed by atoms with Crippen molar-refractivity contribution in [1.82, 2.24) is 0 Å². The van der Waals surface area contributed by atoms with Crippen molar-refractivity contribution >= 4 is 18.2 Å². The van der Waals surface area contributed by atoms with Crippen molar-refractivity contribution in [2.24, 2.45) is 10.9 Å². The van der Waals surface area contributed by atoms with Crippen LogP contribution >= 0.6 is 0 Å². The van der Waals surface area contributed by atoms with Crippen LogP contribution in [0.25, 0.3) is 0 Å². The van der Waals surface area contributed by atoms with Crippen molar-refractivity contribution in [3.63, 3.8) is 0 Å². The van der Waals surface area contributed by atoms with Crippen LogP contribution in [0.4, 0.5) is 0 Å². The molecule has 0 aromatic heterocycles. The van der Waals surface area contributed by atoms with Gasteiger partial charge in [-0.1, -0.05) is 5.57 Å². The van der Waals surface area contributed by atoms with Gasteiger partial charge in [-0.25, -0.2) is 0 Å². The predicted octanol–water partition coefficient (Wildman–Crippen LogP) is 2.12. The van der Waals surface area contributed by atoms with Gasteiger partial charge in [0.1, 0.15) is 0 Å². The lowest BCUT2D eigenvalue weighted by molar-refractivity contribution is -0.138. The minimum atomic E-state index is -0.851. The number of carboxylic acid groups (broad SMARTS) is 2. The van der Waals surface area contributed by atoms with Crippen LogP contribution in [0.3, 0.4) is 0 Å². The van der Waals surface area contributed by atoms with Crippen molar-refractivity contribution in [1.29, 1.82) is 0 Å². The molecule has 0 bridgehead atoms. The second-order valence-electron chi connectivity index (χ2n) is 4.92. The number of aliphatic imine (C=N–C) groups is 1. The number of nitrogens with zero attached hydrogens (tertiary/aromatic N) is 1. The average Bonchev–Trinajstić information content (AvgIpc) is 2.25. The average molecular weight is 253 g/mol. The Morgan fingerprint density at radius 1 is 1.33 bits per heavy atom. The molecular weight excluding hydrogens is 234 g/mol. The van der Waals surface area contributed by atoms with Crippen LogP contribution in [0.5, 0.6) is 0 Å². The van der Waals surface area contributed by atoms with Gasteiger partial charge in [0.25, 0.3) is 0 Å². The van der Waals surface area contributed by atoms with E-state index in [0.29, 0.717) is 12.8 Å². The first-order valence-corrected chi connectivity index (χ1v) is 6.01. The molecule has 0 spiro atoms. The summed E-state index contributed by atoms with van der Waals surface area (Å²) in [6.45, 7) is 3.84. The van der Waals surface area contributed by atoms with Crippen molar-refractivity contribution in [3.8, 4) is 0 Å². The predicted molar refractivity (Wildman–Crippen MR) is 67.9 cm³/mol. The molecule has 18 heavy (non-hydrogen) atoms. The molecule has 0 radical (unpaired) electrons. The Morgan fingerprint density at radius 2 is 1.94 bits per heavy atom. The fourth-order valence-electron chi connectivity index (χ4n) is 2.43. The standard InChI is InChI=1S/C13H19NO4/c1-9-6-8-14-13(2,7-5-12(17)18)10(9)3-4-11(15)16/h6,8,10H,3-5,7H2,1-2H3,(H,15,16)(H,17,18). The first-order chi connectivity index (χ1) is 8.35. The van der Waals surface area contributed by atoms with E-state index in [0.717, 1.165) is 5.57 Å². The third-order valence-electron chi connectivity index (χ3n) is 3.50. The molecule has 2 N–H and O–H groups in total. The van der Waals surface area contributed by atoms with E-state index in [-0.39, 0.29) is 18.8 Å². The SMILES string of the molecule is CC1=CC=NC(C)(CCC(=O)O)C1CCC(=O)O. The Bertz CT molecular complexity index is 400. The van der Waals surface area contributed by atoms with Crippen molar-refractivity contribution in [3.05, 3.63) is 11.6 Å². The van der Waals surface area contributed by atoms with E-state index in [9.17, 15) is 9.59 Å². The molecule has 0 saturated carbocycles. The largest absolute Gasteiger partial charge is 0.481 e. The first-order valence-electron chi connectivity index (χ1n) is 6.01. The lowest BCUT2D eigenvalue weighted by Gasteiger charge is -2.37. The second-order valence-corrected chi connectivity index (χ2v) is 4.92. The van der Waals surface area contributed by atoms with Gasteiger partial charge in [0.2, 0.25) is 0 Å². The maximum atomic E-state index is 10.7. The molecule has 1 aliphatic rings. The highest BCUT2D eigenvalue weighted by molar-refractivity contribution is 5.75. The molecule has 0 aliphatic carbocycles. The van der Waals surface area contributed by atoms with E-state index >= 15 is 0 Å². The number of dihydropyridines is 1. The molecule has 100 valence electrons. The molecule has 0 amide bonds. The molecular formula is C13H19NO4. The molecule has 0 aromatic rings. The number of hydrogen-bond acceptors (Lipinski definition) is 3. The van der Waals surface area contributed by atoms with Gasteiger partial charge in [-0.3, -0.25) is 14.6 Å². The van der Waals surface area contributed by atoms with E-state index in [2.05, 4.69) is 4.99 Å². The van der Waals surface area contributed by atoms with E-state index in [1.807, 2.05) is 19.9 Å². The van der Waals surface area contributed by atoms with E-state index in [4.69, 9.17) is 10.2 Å². The fourth-order valence-corrected chi connectivity index (χ4v) is 2.43. The highest BCUT2D eigenvalue weighted by Gasteiger charge is 2.36. The number of carboxylic acids is 2. The molecule has 2 atom stereocenters. The number of hydrogen-bond donors (Lipinski definition) is 2. The Morgan fingerprint density at radius 3 is 2.50 bits per heavy atom. The summed E-state index contributed by atoms with van der Waals surface area (Å²) in [4.78, 5) is 25.7. The Hall–Kier alpha value is -1.65. The fraction of sp³-hybridized carbons (Fsp3) is 0.615. The van der Waals surface area contributed by atoms with Crippen LogP contribution in [-0.2, 0) is 9.59 Å². The van der Waals surface area contributed by atoms with Gasteiger partial charge >= 0.3 is 11.9 Å². The van der Waals surface area contributed by atoms with Gasteiger partial charge < -0.3 is 10.2 Å². The molecule has 1 heterocycles. The van der Waals surface area contributed by atoms with Crippen LogP contribution in [0, 0.1) is 5.92 Å². The molecule has 0 fully saturated rings. The first kappa shape index (κ1) is 14.4. The van der Waals surface area contributed by atoms with E-state index in [1.165, 1.54) is 0 Å². The van der Waals surface area contributed by atoms with E-state index < -0.39 is 17.5 Å². The van der Waals surface area contributed by atoms with Crippen molar-refractivity contribution in [2.75, 3.05) is 0 Å². The molecule has 5 heteroatoms. The van der Waals surface area contributed by atoms with Gasteiger partial charge in [0.15, 0.2) is 0 Å². The summed E-state index contributed by atoms with van der Waals surface area (Å²) in [5.74, 6) is -1.69. The Labute approximate surface area is 106 Å². The van der Waals surface area contributed by atoms with E-state index in [1.54, 1.807) is 6.21 Å². The summed E-state index contributed by atoms with van der Waals surface area (Å²) >= 11 is 0. The third kappa shape index (κ3) is 3.68. The van der Waals surface area contributed by atoms with Crippen LogP contribution in [-0.4, -0.2) is 33.9 Å². The molecule has 2 unspecified atom stereocenters. The van der Waals surface area contributed by atoms with Crippen molar-refractivity contribution in [2.45, 2.75) is 45.1 Å². The maximum Gasteiger partial charge on any atom is 0.303 e. The lowest BCUT2D eigenvalue weighted by Crippen LogP contribution is -2.36. The minimum Gasteiger partial charge on any atom is -0.481 e. The van der Waals surface area contributed by atoms with Gasteiger partial charge in [0, 0.05) is 25.0 Å². The number of carbonyl (C=O) groups is 2. The maximum absolute atomic E-state index is 10.7.